The number of hydrogen-bond acceptors (Lipinski definition) is 16. The number of rotatable bonds is 19. The lowest BCUT2D eigenvalue weighted by Gasteiger charge is -2.32. The van der Waals surface area contributed by atoms with Gasteiger partial charge in [0.25, 0.3) is 0 Å². The molecule has 5 aromatic carbocycles. The SMILES string of the molecule is COc1ccc(CN(Cc2ccc(OC)cc2)S(=O)(=O)c2c(S(=O)(=O)NC[C@H](O)CNC(=O)OC(C)(C)C)ccc(-c3ccc4[nH]c(CN(C(=O)O)C(C)(C)C)nc4c3)c2C2=N\c3cc(ccc3OC)CN\N=N\2)cc1. The quantitative estimate of drug-likeness (QED) is 0.0455. The number of aliphatic imine (C=N–C) groups is 1. The van der Waals surface area contributed by atoms with Gasteiger partial charge in [0, 0.05) is 31.7 Å². The van der Waals surface area contributed by atoms with Gasteiger partial charge in [-0.1, -0.05) is 47.7 Å². The predicted octanol–water partition coefficient (Wildman–Crippen LogP) is 7.64. The number of hydrogen-bond donors (Lipinski definition) is 6. The number of aromatic amines is 1. The van der Waals surface area contributed by atoms with E-state index >= 15 is 16.8 Å². The molecule has 1 aliphatic rings. The number of amidine groups is 1. The van der Waals surface area contributed by atoms with Crippen LogP contribution >= 0.6 is 0 Å². The van der Waals surface area contributed by atoms with Crippen LogP contribution in [0.4, 0.5) is 15.3 Å². The first-order valence-corrected chi connectivity index (χ1v) is 26.8. The molecule has 0 radical (unpaired) electrons. The van der Waals surface area contributed by atoms with E-state index in [0.717, 1.165) is 10.4 Å². The molecule has 2 heterocycles. The topological polar surface area (TPSA) is 288 Å². The van der Waals surface area contributed by atoms with Gasteiger partial charge in [-0.25, -0.2) is 41.1 Å². The molecule has 0 unspecified atom stereocenters. The van der Waals surface area contributed by atoms with E-state index in [1.165, 1.54) is 32.3 Å². The Bertz CT molecular complexity index is 3320. The molecule has 76 heavy (non-hydrogen) atoms. The van der Waals surface area contributed by atoms with Crippen molar-refractivity contribution in [3.63, 3.8) is 0 Å². The largest absolute Gasteiger partial charge is 0.497 e. The summed E-state index contributed by atoms with van der Waals surface area (Å²) >= 11 is 0. The summed E-state index contributed by atoms with van der Waals surface area (Å²) in [5.41, 5.74) is 4.20. The fourth-order valence-electron chi connectivity index (χ4n) is 8.02. The highest BCUT2D eigenvalue weighted by molar-refractivity contribution is 7.92. The number of aliphatic hydroxyl groups is 1. The first-order valence-electron chi connectivity index (χ1n) is 23.9. The number of H-pyrrole nitrogens is 1. The van der Waals surface area contributed by atoms with Crippen LogP contribution < -0.4 is 29.7 Å². The van der Waals surface area contributed by atoms with E-state index in [-0.39, 0.29) is 54.6 Å². The Kier molecular flexibility index (Phi) is 17.0. The minimum Gasteiger partial charge on any atom is -0.497 e. The Morgan fingerprint density at radius 3 is 2.01 bits per heavy atom. The maximum Gasteiger partial charge on any atom is 0.408 e. The predicted molar refractivity (Wildman–Crippen MR) is 284 cm³/mol. The second-order valence-corrected chi connectivity index (χ2v) is 23.2. The third kappa shape index (κ3) is 13.6. The summed E-state index contributed by atoms with van der Waals surface area (Å²) in [5, 5.41) is 32.2. The van der Waals surface area contributed by atoms with Crippen LogP contribution in [-0.2, 0) is 51.0 Å². The molecule has 0 spiro atoms. The van der Waals surface area contributed by atoms with Gasteiger partial charge in [0.1, 0.15) is 44.2 Å². The average Bonchev–Trinajstić information content (AvgIpc) is 3.85. The highest BCUT2D eigenvalue weighted by Crippen LogP contribution is 2.40. The molecule has 404 valence electrons. The van der Waals surface area contributed by atoms with E-state index in [4.69, 9.17) is 28.9 Å². The molecular formula is C52H62N10O12S2. The van der Waals surface area contributed by atoms with Crippen molar-refractivity contribution in [2.24, 2.45) is 15.3 Å². The Labute approximate surface area is 441 Å². The zero-order chi connectivity index (χ0) is 55.2. The Morgan fingerprint density at radius 2 is 1.43 bits per heavy atom. The molecule has 0 aliphatic carbocycles. The number of ether oxygens (including phenoxy) is 4. The number of carboxylic acid groups (broad SMARTS) is 1. The third-order valence-electron chi connectivity index (χ3n) is 11.8. The lowest BCUT2D eigenvalue weighted by Crippen LogP contribution is -2.44. The van der Waals surface area contributed by atoms with Gasteiger partial charge in [-0.3, -0.25) is 10.3 Å². The maximum atomic E-state index is 16.3. The van der Waals surface area contributed by atoms with Gasteiger partial charge in [-0.05, 0) is 124 Å². The van der Waals surface area contributed by atoms with Gasteiger partial charge in [-0.2, -0.15) is 4.31 Å². The number of imidazole rings is 1. The number of fused-ring (bicyclic) bond motifs is 3. The van der Waals surface area contributed by atoms with E-state index in [0.29, 0.717) is 50.6 Å². The van der Waals surface area contributed by atoms with E-state index in [9.17, 15) is 19.8 Å². The van der Waals surface area contributed by atoms with Crippen molar-refractivity contribution in [2.75, 3.05) is 34.4 Å². The van der Waals surface area contributed by atoms with E-state index in [2.05, 4.69) is 30.8 Å². The van der Waals surface area contributed by atoms with Gasteiger partial charge in [0.15, 0.2) is 5.84 Å². The summed E-state index contributed by atoms with van der Waals surface area (Å²) in [7, 11) is -5.67. The Balaban J connectivity index is 1.51. The van der Waals surface area contributed by atoms with Crippen LogP contribution in [0.5, 0.6) is 17.2 Å². The molecule has 1 atom stereocenters. The fourth-order valence-corrected chi connectivity index (χ4v) is 11.5. The summed E-state index contributed by atoms with van der Waals surface area (Å²) in [5.74, 6) is 1.27. The highest BCUT2D eigenvalue weighted by atomic mass is 32.2. The van der Waals surface area contributed by atoms with Crippen LogP contribution in [0, 0.1) is 0 Å². The Morgan fingerprint density at radius 1 is 0.789 bits per heavy atom. The third-order valence-corrected chi connectivity index (χ3v) is 15.3. The van der Waals surface area contributed by atoms with Gasteiger partial charge in [0.2, 0.25) is 20.0 Å². The monoisotopic (exact) mass is 1080 g/mol. The lowest BCUT2D eigenvalue weighted by atomic mass is 9.98. The first-order chi connectivity index (χ1) is 35.9. The average molecular weight is 1080 g/mol. The van der Waals surface area contributed by atoms with Crippen LogP contribution in [0.3, 0.4) is 0 Å². The molecular weight excluding hydrogens is 1020 g/mol. The van der Waals surface area contributed by atoms with Crippen LogP contribution in [-0.4, -0.2) is 116 Å². The molecule has 6 N–H and O–H groups in total. The number of nitrogens with zero attached hydrogens (tertiary/aromatic N) is 6. The van der Waals surface area contributed by atoms with Crippen LogP contribution in [0.15, 0.2) is 122 Å². The number of benzene rings is 5. The Hall–Kier alpha value is -7.64. The number of aliphatic hydroxyl groups excluding tert-OH is 1. The molecule has 22 nitrogen and oxygen atoms in total. The molecule has 2 bridgehead atoms. The molecule has 1 aliphatic heterocycles. The van der Waals surface area contributed by atoms with Crippen molar-refractivity contribution in [2.45, 2.75) is 94.8 Å². The van der Waals surface area contributed by atoms with Gasteiger partial charge in [-0.15, -0.1) is 5.11 Å². The normalized spacial score (nSPS) is 14.5. The van der Waals surface area contributed by atoms with Gasteiger partial charge >= 0.3 is 12.2 Å². The zero-order valence-electron chi connectivity index (χ0n) is 43.5. The minimum absolute atomic E-state index is 0.0921. The van der Waals surface area contributed by atoms with Crippen LogP contribution in [0.25, 0.3) is 22.2 Å². The molecule has 0 fully saturated rings. The summed E-state index contributed by atoms with van der Waals surface area (Å²) in [6.07, 6.45) is -3.52. The molecule has 0 saturated carbocycles. The number of amides is 2. The van der Waals surface area contributed by atoms with E-state index < -0.39 is 72.4 Å². The molecule has 6 aromatic rings. The van der Waals surface area contributed by atoms with Crippen molar-refractivity contribution in [1.82, 2.24) is 34.6 Å². The van der Waals surface area contributed by atoms with Gasteiger partial charge in [0.05, 0.1) is 57.1 Å². The number of methoxy groups -OCH3 is 3. The highest BCUT2D eigenvalue weighted by Gasteiger charge is 2.38. The summed E-state index contributed by atoms with van der Waals surface area (Å²) < 4.78 is 88.1. The molecule has 0 saturated heterocycles. The second kappa shape index (κ2) is 23.1. The van der Waals surface area contributed by atoms with Crippen LogP contribution in [0.2, 0.25) is 0 Å². The van der Waals surface area contributed by atoms with Crippen molar-refractivity contribution < 1.29 is 55.6 Å². The lowest BCUT2D eigenvalue weighted by molar-refractivity contribution is 0.0493. The number of alkyl carbamates (subject to hydrolysis) is 1. The van der Waals surface area contributed by atoms with E-state index in [1.54, 1.807) is 126 Å². The summed E-state index contributed by atoms with van der Waals surface area (Å²) in [6, 6.07) is 26.1. The van der Waals surface area contributed by atoms with Gasteiger partial charge < -0.3 is 39.5 Å². The molecule has 24 heteroatoms. The first kappa shape index (κ1) is 56.1. The summed E-state index contributed by atoms with van der Waals surface area (Å²) in [6.45, 7) is 8.63. The smallest absolute Gasteiger partial charge is 0.408 e. The van der Waals surface area contributed by atoms with E-state index in [1.807, 2.05) is 0 Å². The summed E-state index contributed by atoms with van der Waals surface area (Å²) in [4.78, 5) is 37.4. The van der Waals surface area contributed by atoms with Crippen molar-refractivity contribution >= 4 is 54.8 Å². The second-order valence-electron chi connectivity index (χ2n) is 19.6. The van der Waals surface area contributed by atoms with Crippen molar-refractivity contribution in [1.29, 1.82) is 0 Å². The maximum absolute atomic E-state index is 16.3. The number of carbonyl (C=O) groups excluding carboxylic acids is 1. The molecule has 2 amide bonds. The number of carbonyl (C=O) groups is 2. The van der Waals surface area contributed by atoms with Crippen LogP contribution in [0.1, 0.15) is 69.6 Å². The molecule has 1 aromatic heterocycles. The van der Waals surface area contributed by atoms with Crippen molar-refractivity contribution in [3.8, 4) is 28.4 Å². The zero-order valence-corrected chi connectivity index (χ0v) is 45.2. The minimum atomic E-state index is -5.12. The number of aromatic nitrogens is 2. The number of nitrogens with one attached hydrogen (secondary N) is 4. The molecule has 7 rings (SSSR count). The number of sulfonamides is 2. The fraction of sp³-hybridized carbons (Fsp3) is 0.346. The standard InChI is InChI=1S/C52H62N10O12S2/c1-51(2,3)62(50(65)66)31-45-56-40-21-15-35(25-41(40)57-45)39-20-23-44(75(67,68)55-28-36(63)27-53-49(64)74-52(4,5)6)47(46(39)48-58-42-24-34(26-54-60-59-48)14-22-43(42)73-9)76(69,70)61(29-32-10-16-37(71-7)17-11-32)30-33-12-18-38(72-8)19-13-33/h10-25,36,55,63H,26-31H2,1-9H3,(H,53,64)(H,56,57)(H,65,66)(H,54,58,59)/t36-/m1/s1. The van der Waals surface area contributed by atoms with Crippen molar-refractivity contribution in [3.05, 3.63) is 125 Å².